The van der Waals surface area contributed by atoms with Gasteiger partial charge in [0.15, 0.2) is 0 Å². The molecule has 0 bridgehead atoms. The molecule has 5 nitrogen and oxygen atoms in total. The number of benzene rings is 3. The summed E-state index contributed by atoms with van der Waals surface area (Å²) in [6.45, 7) is 0. The van der Waals surface area contributed by atoms with Crippen LogP contribution < -0.4 is 16.0 Å². The molecule has 1 atom stereocenters. The molecule has 0 saturated carbocycles. The van der Waals surface area contributed by atoms with Crippen LogP contribution in [0.4, 0.5) is 20.6 Å². The van der Waals surface area contributed by atoms with E-state index in [1.165, 1.54) is 18.2 Å². The smallest absolute Gasteiger partial charge is 0.320 e. The van der Waals surface area contributed by atoms with Gasteiger partial charge in [0, 0.05) is 11.3 Å². The number of carbonyl (C=O) groups is 2. The number of fused-ring (bicyclic) bond motifs is 1. The average molecular weight is 387 g/mol. The fourth-order valence-electron chi connectivity index (χ4n) is 3.21. The van der Waals surface area contributed by atoms with E-state index >= 15 is 0 Å². The van der Waals surface area contributed by atoms with Gasteiger partial charge in [-0.2, -0.15) is 0 Å². The van der Waals surface area contributed by atoms with Crippen LogP contribution in [0.5, 0.6) is 0 Å². The molecule has 0 aliphatic carbocycles. The molecule has 0 spiro atoms. The number of para-hydroxylation sites is 2. The predicted octanol–water partition coefficient (Wildman–Crippen LogP) is 4.40. The van der Waals surface area contributed by atoms with Crippen LogP contribution in [0.1, 0.15) is 11.1 Å². The van der Waals surface area contributed by atoms with Gasteiger partial charge in [-0.25, -0.2) is 9.18 Å². The van der Waals surface area contributed by atoms with E-state index in [4.69, 9.17) is 0 Å². The van der Waals surface area contributed by atoms with Crippen LogP contribution in [-0.2, 0) is 4.79 Å². The SMILES string of the molecule is O=C(Nc1ccccc1F)NC1C=C(c2ccccc2)c2ccccc2NC1=O. The zero-order chi connectivity index (χ0) is 20.2. The molecule has 3 aromatic carbocycles. The summed E-state index contributed by atoms with van der Waals surface area (Å²) in [5.74, 6) is -0.937. The number of nitrogens with one attached hydrogen (secondary N) is 3. The maximum atomic E-state index is 13.8. The van der Waals surface area contributed by atoms with Gasteiger partial charge in [-0.15, -0.1) is 0 Å². The van der Waals surface area contributed by atoms with Gasteiger partial charge in [0.05, 0.1) is 5.69 Å². The van der Waals surface area contributed by atoms with E-state index in [0.29, 0.717) is 5.69 Å². The topological polar surface area (TPSA) is 70.2 Å². The van der Waals surface area contributed by atoms with Gasteiger partial charge < -0.3 is 16.0 Å². The van der Waals surface area contributed by atoms with E-state index in [1.807, 2.05) is 54.6 Å². The van der Waals surface area contributed by atoms with Gasteiger partial charge in [0.1, 0.15) is 11.9 Å². The van der Waals surface area contributed by atoms with Crippen molar-refractivity contribution < 1.29 is 14.0 Å². The number of hydrogen-bond donors (Lipinski definition) is 3. The Hall–Kier alpha value is -3.93. The number of carbonyl (C=O) groups excluding carboxylic acids is 2. The summed E-state index contributed by atoms with van der Waals surface area (Å²) in [6, 6.07) is 21.3. The van der Waals surface area contributed by atoms with Gasteiger partial charge in [-0.3, -0.25) is 4.79 Å². The predicted molar refractivity (Wildman–Crippen MR) is 111 cm³/mol. The Morgan fingerprint density at radius 1 is 0.897 bits per heavy atom. The van der Waals surface area contributed by atoms with Crippen LogP contribution in [0.25, 0.3) is 5.57 Å². The molecule has 3 aromatic rings. The molecule has 1 unspecified atom stereocenters. The lowest BCUT2D eigenvalue weighted by atomic mass is 9.96. The van der Waals surface area contributed by atoms with Crippen LogP contribution in [0.2, 0.25) is 0 Å². The Balaban J connectivity index is 1.66. The summed E-state index contributed by atoms with van der Waals surface area (Å²) in [6.07, 6.45) is 1.71. The number of rotatable bonds is 3. The Labute approximate surface area is 167 Å². The molecule has 3 N–H and O–H groups in total. The minimum Gasteiger partial charge on any atom is -0.323 e. The Bertz CT molecular complexity index is 1100. The standard InChI is InChI=1S/C23H18FN3O2/c24-18-11-5-7-13-20(18)26-23(29)27-21-14-17(15-8-2-1-3-9-15)16-10-4-6-12-19(16)25-22(21)28/h1-14,21H,(H,25,28)(H2,26,27,29). The maximum Gasteiger partial charge on any atom is 0.320 e. The highest BCUT2D eigenvalue weighted by molar-refractivity contribution is 6.06. The lowest BCUT2D eigenvalue weighted by molar-refractivity contribution is -0.116. The zero-order valence-electron chi connectivity index (χ0n) is 15.4. The van der Waals surface area contributed by atoms with Crippen LogP contribution in [-0.4, -0.2) is 18.0 Å². The highest BCUT2D eigenvalue weighted by Crippen LogP contribution is 2.32. The minimum atomic E-state index is -0.940. The first kappa shape index (κ1) is 18.4. The Morgan fingerprint density at radius 3 is 2.38 bits per heavy atom. The molecule has 0 radical (unpaired) electrons. The van der Waals surface area contributed by atoms with E-state index in [9.17, 15) is 14.0 Å². The second kappa shape index (κ2) is 7.98. The summed E-state index contributed by atoms with van der Waals surface area (Å²) in [4.78, 5) is 25.1. The zero-order valence-corrected chi connectivity index (χ0v) is 15.4. The lowest BCUT2D eigenvalue weighted by Crippen LogP contribution is -2.44. The molecule has 0 aromatic heterocycles. The molecule has 4 rings (SSSR count). The van der Waals surface area contributed by atoms with Crippen molar-refractivity contribution in [3.05, 3.63) is 102 Å². The third kappa shape index (κ3) is 4.01. The number of amides is 3. The van der Waals surface area contributed by atoms with Crippen molar-refractivity contribution in [2.45, 2.75) is 6.04 Å². The van der Waals surface area contributed by atoms with E-state index < -0.39 is 17.9 Å². The fraction of sp³-hybridized carbons (Fsp3) is 0.0435. The molecule has 1 heterocycles. The molecule has 144 valence electrons. The Kier molecular flexibility index (Phi) is 5.07. The van der Waals surface area contributed by atoms with Gasteiger partial charge in [0.25, 0.3) is 5.91 Å². The van der Waals surface area contributed by atoms with Gasteiger partial charge in [-0.1, -0.05) is 60.7 Å². The highest BCUT2D eigenvalue weighted by atomic mass is 19.1. The maximum absolute atomic E-state index is 13.8. The monoisotopic (exact) mass is 387 g/mol. The van der Waals surface area contributed by atoms with Crippen molar-refractivity contribution in [3.8, 4) is 0 Å². The first-order chi connectivity index (χ1) is 14.1. The van der Waals surface area contributed by atoms with Crippen LogP contribution in [0.3, 0.4) is 0 Å². The lowest BCUT2D eigenvalue weighted by Gasteiger charge is -2.15. The van der Waals surface area contributed by atoms with Crippen molar-refractivity contribution in [2.75, 3.05) is 10.6 Å². The molecule has 0 fully saturated rings. The molecule has 1 aliphatic rings. The normalized spacial score (nSPS) is 15.4. The van der Waals surface area contributed by atoms with Crippen molar-refractivity contribution in [2.24, 2.45) is 0 Å². The van der Waals surface area contributed by atoms with E-state index in [2.05, 4.69) is 16.0 Å². The summed E-state index contributed by atoms with van der Waals surface area (Å²) in [5.41, 5.74) is 3.28. The third-order valence-corrected chi connectivity index (χ3v) is 4.58. The number of hydrogen-bond acceptors (Lipinski definition) is 2. The number of urea groups is 1. The van der Waals surface area contributed by atoms with E-state index in [1.54, 1.807) is 12.1 Å². The first-order valence-corrected chi connectivity index (χ1v) is 9.11. The molecule has 3 amide bonds. The quantitative estimate of drug-likeness (QED) is 0.623. The van der Waals surface area contributed by atoms with Gasteiger partial charge in [0.2, 0.25) is 0 Å². The largest absolute Gasteiger partial charge is 0.323 e. The molecular weight excluding hydrogens is 369 g/mol. The summed E-state index contributed by atoms with van der Waals surface area (Å²) >= 11 is 0. The van der Waals surface area contributed by atoms with Crippen LogP contribution in [0.15, 0.2) is 84.9 Å². The van der Waals surface area contributed by atoms with Gasteiger partial charge in [-0.05, 0) is 35.4 Å². The minimum absolute atomic E-state index is 0.0366. The van der Waals surface area contributed by atoms with E-state index in [0.717, 1.165) is 16.7 Å². The summed E-state index contributed by atoms with van der Waals surface area (Å²) in [7, 11) is 0. The fourth-order valence-corrected chi connectivity index (χ4v) is 3.21. The second-order valence-electron chi connectivity index (χ2n) is 6.54. The van der Waals surface area contributed by atoms with Gasteiger partial charge >= 0.3 is 6.03 Å². The average Bonchev–Trinajstić information content (AvgIpc) is 2.87. The van der Waals surface area contributed by atoms with Crippen molar-refractivity contribution in [3.63, 3.8) is 0 Å². The molecule has 6 heteroatoms. The number of anilines is 2. The third-order valence-electron chi connectivity index (χ3n) is 4.58. The first-order valence-electron chi connectivity index (χ1n) is 9.11. The molecular formula is C23H18FN3O2. The van der Waals surface area contributed by atoms with Crippen molar-refractivity contribution in [1.29, 1.82) is 0 Å². The number of halogens is 1. The Morgan fingerprint density at radius 2 is 1.59 bits per heavy atom. The highest BCUT2D eigenvalue weighted by Gasteiger charge is 2.25. The second-order valence-corrected chi connectivity index (χ2v) is 6.54. The van der Waals surface area contributed by atoms with Crippen LogP contribution in [0, 0.1) is 5.82 Å². The molecule has 0 saturated heterocycles. The van der Waals surface area contributed by atoms with Crippen molar-refractivity contribution >= 4 is 28.9 Å². The van der Waals surface area contributed by atoms with Crippen molar-refractivity contribution in [1.82, 2.24) is 5.32 Å². The van der Waals surface area contributed by atoms with Crippen LogP contribution >= 0.6 is 0 Å². The summed E-state index contributed by atoms with van der Waals surface area (Å²) < 4.78 is 13.8. The summed E-state index contributed by atoms with van der Waals surface area (Å²) in [5, 5.41) is 7.90. The van der Waals surface area contributed by atoms with E-state index in [-0.39, 0.29) is 11.6 Å². The molecule has 1 aliphatic heterocycles. The molecule has 29 heavy (non-hydrogen) atoms.